The molecule has 6 nitrogen and oxygen atoms in total. The van der Waals surface area contributed by atoms with Crippen molar-refractivity contribution in [3.63, 3.8) is 0 Å². The van der Waals surface area contributed by atoms with Gasteiger partial charge in [0.15, 0.2) is 0 Å². The van der Waals surface area contributed by atoms with Gasteiger partial charge in [-0.2, -0.15) is 4.31 Å². The molecule has 3 rings (SSSR count). The fourth-order valence-electron chi connectivity index (χ4n) is 2.76. The van der Waals surface area contributed by atoms with Crippen molar-refractivity contribution in [2.75, 3.05) is 13.1 Å². The summed E-state index contributed by atoms with van der Waals surface area (Å²) >= 11 is 0. The Morgan fingerprint density at radius 3 is 2.67 bits per heavy atom. The Bertz CT molecular complexity index is 822. The van der Waals surface area contributed by atoms with Gasteiger partial charge in [0, 0.05) is 18.7 Å². The third kappa shape index (κ3) is 3.37. The largest absolute Gasteiger partial charge is 0.467 e. The van der Waals surface area contributed by atoms with Crippen molar-refractivity contribution in [2.45, 2.75) is 31.2 Å². The van der Waals surface area contributed by atoms with Crippen LogP contribution in [0.3, 0.4) is 0 Å². The van der Waals surface area contributed by atoms with Crippen molar-refractivity contribution in [1.29, 1.82) is 0 Å². The topological polar surface area (TPSA) is 79.6 Å². The first-order valence-electron chi connectivity index (χ1n) is 7.90. The van der Waals surface area contributed by atoms with Crippen molar-refractivity contribution in [1.82, 2.24) is 9.62 Å². The van der Waals surface area contributed by atoms with Gasteiger partial charge in [-0.25, -0.2) is 8.42 Å². The number of amides is 1. The van der Waals surface area contributed by atoms with Gasteiger partial charge in [-0.1, -0.05) is 6.07 Å². The number of nitrogens with one attached hydrogen (secondary N) is 1. The summed E-state index contributed by atoms with van der Waals surface area (Å²) in [5, 5.41) is 2.75. The Morgan fingerprint density at radius 2 is 2.00 bits per heavy atom. The third-order valence-electron chi connectivity index (χ3n) is 4.16. The minimum atomic E-state index is -3.53. The highest BCUT2D eigenvalue weighted by atomic mass is 32.2. The summed E-state index contributed by atoms with van der Waals surface area (Å²) in [4.78, 5) is 12.6. The maximum atomic E-state index is 12.6. The van der Waals surface area contributed by atoms with E-state index in [-0.39, 0.29) is 17.3 Å². The van der Waals surface area contributed by atoms with Gasteiger partial charge in [-0.3, -0.25) is 4.79 Å². The number of hydrogen-bond donors (Lipinski definition) is 1. The summed E-state index contributed by atoms with van der Waals surface area (Å²) in [6, 6.07) is 8.20. The fourth-order valence-corrected chi connectivity index (χ4v) is 4.30. The van der Waals surface area contributed by atoms with Crippen LogP contribution in [-0.4, -0.2) is 31.7 Å². The SMILES string of the molecule is Cc1ccc(S(=O)(=O)N2CCCC2)cc1C(=O)NCc1ccco1. The van der Waals surface area contributed by atoms with Crippen molar-refractivity contribution in [3.8, 4) is 0 Å². The summed E-state index contributed by atoms with van der Waals surface area (Å²) in [5.74, 6) is 0.323. The summed E-state index contributed by atoms with van der Waals surface area (Å²) in [7, 11) is -3.53. The summed E-state index contributed by atoms with van der Waals surface area (Å²) < 4.78 is 31.9. The highest BCUT2D eigenvalue weighted by Gasteiger charge is 2.28. The Hall–Kier alpha value is -2.12. The summed E-state index contributed by atoms with van der Waals surface area (Å²) in [6.45, 7) is 3.12. The van der Waals surface area contributed by atoms with E-state index in [0.717, 1.165) is 18.4 Å². The summed E-state index contributed by atoms with van der Waals surface area (Å²) in [5.41, 5.74) is 1.09. The predicted molar refractivity (Wildman–Crippen MR) is 89.1 cm³/mol. The number of nitrogens with zero attached hydrogens (tertiary/aromatic N) is 1. The van der Waals surface area contributed by atoms with Gasteiger partial charge >= 0.3 is 0 Å². The molecule has 0 radical (unpaired) electrons. The van der Waals surface area contributed by atoms with Crippen molar-refractivity contribution >= 4 is 15.9 Å². The Balaban J connectivity index is 1.82. The molecule has 1 amide bonds. The van der Waals surface area contributed by atoms with Crippen LogP contribution in [0, 0.1) is 6.92 Å². The van der Waals surface area contributed by atoms with Crippen molar-refractivity contribution in [2.24, 2.45) is 0 Å². The van der Waals surface area contributed by atoms with Crippen LogP contribution >= 0.6 is 0 Å². The molecule has 1 saturated heterocycles. The molecule has 0 saturated carbocycles. The molecule has 1 N–H and O–H groups in total. The molecule has 0 unspecified atom stereocenters. The van der Waals surface area contributed by atoms with E-state index < -0.39 is 10.0 Å². The van der Waals surface area contributed by atoms with Gasteiger partial charge in [0.2, 0.25) is 10.0 Å². The van der Waals surface area contributed by atoms with Crippen LogP contribution < -0.4 is 5.32 Å². The molecule has 1 fully saturated rings. The zero-order chi connectivity index (χ0) is 17.2. The molecule has 1 aromatic carbocycles. The van der Waals surface area contributed by atoms with Crippen LogP contribution in [0.25, 0.3) is 0 Å². The first-order valence-corrected chi connectivity index (χ1v) is 9.34. The van der Waals surface area contributed by atoms with E-state index in [1.54, 1.807) is 31.2 Å². The molecule has 24 heavy (non-hydrogen) atoms. The van der Waals surface area contributed by atoms with Crippen LogP contribution in [0.5, 0.6) is 0 Å². The molecule has 0 spiro atoms. The van der Waals surface area contributed by atoms with Gasteiger partial charge in [0.25, 0.3) is 5.91 Å². The van der Waals surface area contributed by atoms with Crippen molar-refractivity contribution in [3.05, 3.63) is 53.5 Å². The number of carbonyl (C=O) groups excluding carboxylic acids is 1. The van der Waals surface area contributed by atoms with E-state index in [0.29, 0.717) is 24.4 Å². The maximum absolute atomic E-state index is 12.6. The molecule has 1 aromatic heterocycles. The molecule has 128 valence electrons. The number of carbonyl (C=O) groups is 1. The van der Waals surface area contributed by atoms with Crippen LogP contribution in [0.2, 0.25) is 0 Å². The maximum Gasteiger partial charge on any atom is 0.251 e. The fraction of sp³-hybridized carbons (Fsp3) is 0.353. The lowest BCUT2D eigenvalue weighted by atomic mass is 10.1. The minimum Gasteiger partial charge on any atom is -0.467 e. The van der Waals surface area contributed by atoms with E-state index in [1.807, 2.05) is 0 Å². The lowest BCUT2D eigenvalue weighted by Gasteiger charge is -2.16. The lowest BCUT2D eigenvalue weighted by Crippen LogP contribution is -2.29. The molecule has 2 heterocycles. The monoisotopic (exact) mass is 348 g/mol. The number of hydrogen-bond acceptors (Lipinski definition) is 4. The first kappa shape index (κ1) is 16.7. The van der Waals surface area contributed by atoms with E-state index in [1.165, 1.54) is 16.6 Å². The van der Waals surface area contributed by atoms with Gasteiger partial charge < -0.3 is 9.73 Å². The molecule has 0 atom stereocenters. The lowest BCUT2D eigenvalue weighted by molar-refractivity contribution is 0.0947. The summed E-state index contributed by atoms with van der Waals surface area (Å²) in [6.07, 6.45) is 3.29. The second-order valence-corrected chi connectivity index (χ2v) is 7.79. The molecule has 2 aromatic rings. The third-order valence-corrected chi connectivity index (χ3v) is 6.05. The van der Waals surface area contributed by atoms with E-state index in [9.17, 15) is 13.2 Å². The highest BCUT2D eigenvalue weighted by molar-refractivity contribution is 7.89. The molecule has 7 heteroatoms. The zero-order valence-electron chi connectivity index (χ0n) is 13.5. The Kier molecular flexibility index (Phi) is 4.73. The molecule has 0 bridgehead atoms. The van der Waals surface area contributed by atoms with Gasteiger partial charge in [-0.05, 0) is 49.6 Å². The second-order valence-electron chi connectivity index (χ2n) is 5.85. The predicted octanol–water partition coefficient (Wildman–Crippen LogP) is 2.30. The first-order chi connectivity index (χ1) is 11.5. The second kappa shape index (κ2) is 6.78. The van der Waals surface area contributed by atoms with E-state index in [4.69, 9.17) is 4.42 Å². The highest BCUT2D eigenvalue weighted by Crippen LogP contribution is 2.23. The van der Waals surface area contributed by atoms with Gasteiger partial charge in [-0.15, -0.1) is 0 Å². The minimum absolute atomic E-state index is 0.165. The van der Waals surface area contributed by atoms with Crippen LogP contribution in [0.1, 0.15) is 34.5 Å². The number of aryl methyl sites for hydroxylation is 1. The zero-order valence-corrected chi connectivity index (χ0v) is 14.3. The molecular weight excluding hydrogens is 328 g/mol. The molecule has 1 aliphatic rings. The number of benzene rings is 1. The average Bonchev–Trinajstić information content (AvgIpc) is 3.26. The van der Waals surface area contributed by atoms with Crippen molar-refractivity contribution < 1.29 is 17.6 Å². The average molecular weight is 348 g/mol. The quantitative estimate of drug-likeness (QED) is 0.899. The van der Waals surface area contributed by atoms with Crippen LogP contribution in [0.15, 0.2) is 45.9 Å². The molecule has 0 aliphatic carbocycles. The number of rotatable bonds is 5. The van der Waals surface area contributed by atoms with Gasteiger partial charge in [0.1, 0.15) is 5.76 Å². The number of furan rings is 1. The molecule has 1 aliphatic heterocycles. The van der Waals surface area contributed by atoms with Crippen LogP contribution in [-0.2, 0) is 16.6 Å². The van der Waals surface area contributed by atoms with Gasteiger partial charge in [0.05, 0.1) is 17.7 Å². The molecular formula is C17H20N2O4S. The van der Waals surface area contributed by atoms with E-state index >= 15 is 0 Å². The Labute approximate surface area is 141 Å². The normalized spacial score (nSPS) is 15.5. The standard InChI is InChI=1S/C17H20N2O4S/c1-13-6-7-15(24(21,22)19-8-2-3-9-19)11-16(13)17(20)18-12-14-5-4-10-23-14/h4-7,10-11H,2-3,8-9,12H2,1H3,(H,18,20). The number of sulfonamides is 1. The van der Waals surface area contributed by atoms with E-state index in [2.05, 4.69) is 5.32 Å². The van der Waals surface area contributed by atoms with Crippen LogP contribution in [0.4, 0.5) is 0 Å². The Morgan fingerprint density at radius 1 is 1.25 bits per heavy atom. The smallest absolute Gasteiger partial charge is 0.251 e.